The summed E-state index contributed by atoms with van der Waals surface area (Å²) >= 11 is 0. The van der Waals surface area contributed by atoms with E-state index in [1.54, 1.807) is 20.8 Å². The van der Waals surface area contributed by atoms with Crippen LogP contribution in [0.1, 0.15) is 27.2 Å². The first-order valence-corrected chi connectivity index (χ1v) is 5.49. The molecule has 1 aliphatic rings. The molecule has 2 amide bonds. The van der Waals surface area contributed by atoms with E-state index in [2.05, 4.69) is 0 Å². The van der Waals surface area contributed by atoms with Gasteiger partial charge in [-0.1, -0.05) is 6.92 Å². The van der Waals surface area contributed by atoms with E-state index >= 15 is 0 Å². The van der Waals surface area contributed by atoms with Gasteiger partial charge in [0.25, 0.3) is 5.91 Å². The van der Waals surface area contributed by atoms with E-state index in [0.29, 0.717) is 12.6 Å². The maximum Gasteiger partial charge on any atom is 0.409 e. The van der Waals surface area contributed by atoms with E-state index in [1.165, 1.54) is 5.01 Å². The minimum atomic E-state index is -4.56. The minimum absolute atomic E-state index is 0.104. The molecule has 1 heterocycles. The van der Waals surface area contributed by atoms with Crippen LogP contribution in [0.25, 0.3) is 0 Å². The summed E-state index contributed by atoms with van der Waals surface area (Å²) in [6.07, 6.45) is -4.25. The van der Waals surface area contributed by atoms with Crippen LogP contribution in [0, 0.1) is 0 Å². The summed E-state index contributed by atoms with van der Waals surface area (Å²) in [7, 11) is 0. The highest BCUT2D eigenvalue weighted by molar-refractivity contribution is 6.01. The van der Waals surface area contributed by atoms with Crippen LogP contribution in [-0.2, 0) is 9.59 Å². The van der Waals surface area contributed by atoms with Crippen molar-refractivity contribution in [1.29, 1.82) is 0 Å². The van der Waals surface area contributed by atoms with Gasteiger partial charge in [0.05, 0.1) is 0 Å². The van der Waals surface area contributed by atoms with Gasteiger partial charge in [0, 0.05) is 30.7 Å². The third-order valence-corrected chi connectivity index (χ3v) is 2.68. The van der Waals surface area contributed by atoms with Crippen molar-refractivity contribution in [1.82, 2.24) is 10.0 Å². The van der Waals surface area contributed by atoms with E-state index < -0.39 is 23.5 Å². The van der Waals surface area contributed by atoms with Crippen molar-refractivity contribution in [2.24, 2.45) is 0 Å². The summed E-state index contributed by atoms with van der Waals surface area (Å²) in [6, 6.07) is 0. The van der Waals surface area contributed by atoms with Crippen LogP contribution in [0.4, 0.5) is 13.2 Å². The number of hydrazine groups is 1. The zero-order valence-corrected chi connectivity index (χ0v) is 10.4. The van der Waals surface area contributed by atoms with Crippen LogP contribution in [0.3, 0.4) is 0 Å². The Labute approximate surface area is 103 Å². The topological polar surface area (TPSA) is 40.6 Å². The van der Waals surface area contributed by atoms with Gasteiger partial charge in [0.1, 0.15) is 0 Å². The maximum atomic E-state index is 12.0. The number of hydrogen-bond donors (Lipinski definition) is 0. The Bertz CT molecular complexity index is 388. The third-order valence-electron chi connectivity index (χ3n) is 2.68. The first-order chi connectivity index (χ1) is 8.08. The van der Waals surface area contributed by atoms with Crippen LogP contribution in [0.15, 0.2) is 12.2 Å². The number of carbonyl (C=O) groups is 2. The standard InChI is InChI=1S/C11H15F3N2O2/c1-4-15-10(2,3)7-9(18)16(15)8(17)5-6-11(12,13)14/h5-6H,4,7H2,1-3H3/b6-5+. The monoisotopic (exact) mass is 264 g/mol. The molecule has 0 unspecified atom stereocenters. The van der Waals surface area contributed by atoms with Crippen molar-refractivity contribution in [3.05, 3.63) is 12.2 Å². The Kier molecular flexibility index (Phi) is 3.85. The van der Waals surface area contributed by atoms with Gasteiger partial charge in [-0.15, -0.1) is 0 Å². The van der Waals surface area contributed by atoms with Gasteiger partial charge in [-0.3, -0.25) is 9.59 Å². The second-order valence-corrected chi connectivity index (χ2v) is 4.62. The van der Waals surface area contributed by atoms with E-state index in [9.17, 15) is 22.8 Å². The molecule has 0 spiro atoms. The molecule has 18 heavy (non-hydrogen) atoms. The van der Waals surface area contributed by atoms with Crippen molar-refractivity contribution in [2.75, 3.05) is 6.54 Å². The van der Waals surface area contributed by atoms with Crippen LogP contribution in [0.2, 0.25) is 0 Å². The summed E-state index contributed by atoms with van der Waals surface area (Å²) in [4.78, 5) is 23.3. The van der Waals surface area contributed by atoms with Crippen molar-refractivity contribution < 1.29 is 22.8 Å². The van der Waals surface area contributed by atoms with Crippen LogP contribution >= 0.6 is 0 Å². The van der Waals surface area contributed by atoms with Gasteiger partial charge < -0.3 is 0 Å². The summed E-state index contributed by atoms with van der Waals surface area (Å²) in [5.41, 5.74) is -0.562. The SMILES string of the molecule is CCN1N(C(=O)/C=C/C(F)(F)F)C(=O)CC1(C)C. The number of amides is 2. The molecule has 1 fully saturated rings. The lowest BCUT2D eigenvalue weighted by atomic mass is 10.0. The van der Waals surface area contributed by atoms with Gasteiger partial charge in [-0.2, -0.15) is 13.2 Å². The molecule has 0 aromatic heterocycles. The van der Waals surface area contributed by atoms with Crippen molar-refractivity contribution >= 4 is 11.8 Å². The van der Waals surface area contributed by atoms with Gasteiger partial charge in [-0.05, 0) is 13.8 Å². The average Bonchev–Trinajstić information content (AvgIpc) is 2.42. The zero-order chi connectivity index (χ0) is 14.1. The highest BCUT2D eigenvalue weighted by Gasteiger charge is 2.45. The molecule has 0 radical (unpaired) electrons. The normalized spacial score (nSPS) is 21.0. The highest BCUT2D eigenvalue weighted by Crippen LogP contribution is 2.30. The van der Waals surface area contributed by atoms with E-state index in [0.717, 1.165) is 5.01 Å². The Hall–Kier alpha value is -1.37. The molecule has 1 saturated heterocycles. The number of allylic oxidation sites excluding steroid dienone is 1. The number of imide groups is 1. The van der Waals surface area contributed by atoms with Crippen LogP contribution in [-0.4, -0.2) is 40.1 Å². The van der Waals surface area contributed by atoms with Crippen LogP contribution < -0.4 is 0 Å². The second kappa shape index (κ2) is 4.72. The fraction of sp³-hybridized carbons (Fsp3) is 0.636. The largest absolute Gasteiger partial charge is 0.409 e. The number of nitrogens with zero attached hydrogens (tertiary/aromatic N) is 2. The molecule has 102 valence electrons. The van der Waals surface area contributed by atoms with Crippen molar-refractivity contribution in [3.8, 4) is 0 Å². The minimum Gasteiger partial charge on any atom is -0.273 e. The smallest absolute Gasteiger partial charge is 0.273 e. The molecule has 0 N–H and O–H groups in total. The number of hydrogen-bond acceptors (Lipinski definition) is 3. The lowest BCUT2D eigenvalue weighted by Crippen LogP contribution is -2.49. The first kappa shape index (κ1) is 14.7. The molecule has 4 nitrogen and oxygen atoms in total. The molecule has 1 aliphatic heterocycles. The van der Waals surface area contributed by atoms with E-state index in [4.69, 9.17) is 0 Å². The molecule has 0 atom stereocenters. The molecule has 0 aromatic rings. The highest BCUT2D eigenvalue weighted by atomic mass is 19.4. The number of rotatable bonds is 2. The molecule has 0 aliphatic carbocycles. The quantitative estimate of drug-likeness (QED) is 0.715. The second-order valence-electron chi connectivity index (χ2n) is 4.62. The third kappa shape index (κ3) is 3.10. The lowest BCUT2D eigenvalue weighted by molar-refractivity contribution is -0.156. The summed E-state index contributed by atoms with van der Waals surface area (Å²) in [5.74, 6) is -1.46. The van der Waals surface area contributed by atoms with Crippen LogP contribution in [0.5, 0.6) is 0 Å². The number of halogens is 3. The Morgan fingerprint density at radius 1 is 1.44 bits per heavy atom. The average molecular weight is 264 g/mol. The predicted molar refractivity (Wildman–Crippen MR) is 58.1 cm³/mol. The Morgan fingerprint density at radius 2 is 2.00 bits per heavy atom. The lowest BCUT2D eigenvalue weighted by Gasteiger charge is -2.33. The van der Waals surface area contributed by atoms with Gasteiger partial charge in [0.2, 0.25) is 5.91 Å². The number of carbonyl (C=O) groups excluding carboxylic acids is 2. The maximum absolute atomic E-state index is 12.0. The molecule has 0 saturated carbocycles. The molecule has 0 aromatic carbocycles. The Balaban J connectivity index is 2.92. The summed E-state index contributed by atoms with van der Waals surface area (Å²) in [6.45, 7) is 5.61. The fourth-order valence-corrected chi connectivity index (χ4v) is 1.99. The predicted octanol–water partition coefficient (Wildman–Crippen LogP) is 1.88. The fourth-order valence-electron chi connectivity index (χ4n) is 1.99. The molecular weight excluding hydrogens is 249 g/mol. The zero-order valence-electron chi connectivity index (χ0n) is 10.4. The summed E-state index contributed by atoms with van der Waals surface area (Å²) < 4.78 is 35.9. The molecular formula is C11H15F3N2O2. The number of alkyl halides is 3. The summed E-state index contributed by atoms with van der Waals surface area (Å²) in [5, 5.41) is 2.25. The molecule has 1 rings (SSSR count). The van der Waals surface area contributed by atoms with E-state index in [-0.39, 0.29) is 12.5 Å². The van der Waals surface area contributed by atoms with E-state index in [1.807, 2.05) is 0 Å². The Morgan fingerprint density at radius 3 is 2.44 bits per heavy atom. The molecule has 7 heteroatoms. The van der Waals surface area contributed by atoms with Crippen molar-refractivity contribution in [3.63, 3.8) is 0 Å². The molecule has 0 bridgehead atoms. The van der Waals surface area contributed by atoms with Gasteiger partial charge in [0.15, 0.2) is 0 Å². The van der Waals surface area contributed by atoms with Crippen molar-refractivity contribution in [2.45, 2.75) is 38.9 Å². The van der Waals surface area contributed by atoms with Gasteiger partial charge in [-0.25, -0.2) is 10.0 Å². The van der Waals surface area contributed by atoms with Gasteiger partial charge >= 0.3 is 6.18 Å². The first-order valence-electron chi connectivity index (χ1n) is 5.49.